The van der Waals surface area contributed by atoms with Gasteiger partial charge in [-0.25, -0.2) is 4.68 Å². The predicted octanol–water partition coefficient (Wildman–Crippen LogP) is 6.43. The number of anilines is 1. The number of carbonyl (C=O) groups excluding carboxylic acids is 1. The van der Waals surface area contributed by atoms with Crippen LogP contribution in [-0.2, 0) is 4.79 Å². The normalized spacial score (nSPS) is 17.6. The highest BCUT2D eigenvalue weighted by molar-refractivity contribution is 6.30. The van der Waals surface area contributed by atoms with E-state index in [2.05, 4.69) is 21.5 Å². The van der Waals surface area contributed by atoms with Gasteiger partial charge in [0.1, 0.15) is 0 Å². The van der Waals surface area contributed by atoms with Crippen LogP contribution in [0, 0.1) is 17.2 Å². The fraction of sp³-hybridized carbons (Fsp3) is 0.276. The number of pyridine rings is 2. The molecule has 5 rings (SSSR count). The first-order valence-electron chi connectivity index (χ1n) is 12.8. The fourth-order valence-electron chi connectivity index (χ4n) is 5.04. The molecular formula is C29H25ClF2N6O2. The molecule has 0 aliphatic carbocycles. The van der Waals surface area contributed by atoms with Crippen molar-refractivity contribution in [1.29, 1.82) is 5.26 Å². The third-order valence-corrected chi connectivity index (χ3v) is 7.38. The van der Waals surface area contributed by atoms with Gasteiger partial charge in [0.15, 0.2) is 0 Å². The molecule has 4 heterocycles. The van der Waals surface area contributed by atoms with Crippen LogP contribution >= 0.6 is 11.6 Å². The molecule has 0 radical (unpaired) electrons. The number of nitriles is 1. The fourth-order valence-corrected chi connectivity index (χ4v) is 5.21. The minimum atomic E-state index is -2.93. The summed E-state index contributed by atoms with van der Waals surface area (Å²) in [5.74, 6) is -0.623. The zero-order valence-electron chi connectivity index (χ0n) is 21.5. The third-order valence-electron chi connectivity index (χ3n) is 7.14. The molecule has 0 unspecified atom stereocenters. The quantitative estimate of drug-likeness (QED) is 0.310. The number of nitrogens with one attached hydrogen (secondary N) is 1. The van der Waals surface area contributed by atoms with Gasteiger partial charge < -0.3 is 9.88 Å². The Kier molecular flexibility index (Phi) is 7.76. The number of fused-ring (bicyclic) bond motifs is 4. The number of nitrogens with zero attached hydrogens (tertiary/aromatic N) is 5. The van der Waals surface area contributed by atoms with E-state index in [0.717, 1.165) is 6.42 Å². The molecule has 2 bridgehead atoms. The number of rotatable bonds is 3. The molecule has 2 atom stereocenters. The molecule has 0 saturated heterocycles. The Morgan fingerprint density at radius 2 is 1.90 bits per heavy atom. The number of amides is 1. The molecule has 4 aromatic rings. The van der Waals surface area contributed by atoms with Crippen LogP contribution in [-0.4, -0.2) is 25.2 Å². The standard InChI is InChI=1S/C29H25ClF2N6O2/c1-17-4-2-3-5-25(37-11-9-18(13-26(37)39)22-14-21(30)7-6-20(22)15-33)23-12-19(8-10-34-23)27-24(36-28(17)40)16-35-38(27)29(31)32/h6-14,16-17,25,29H,2-5H2,1H3,(H,36,40)/t17-,25+/m1/s1. The number of alkyl halides is 2. The Labute approximate surface area is 233 Å². The molecule has 1 N–H and O–H groups in total. The molecule has 1 amide bonds. The van der Waals surface area contributed by atoms with Gasteiger partial charge in [0.2, 0.25) is 5.91 Å². The van der Waals surface area contributed by atoms with Crippen molar-refractivity contribution in [3.63, 3.8) is 0 Å². The van der Waals surface area contributed by atoms with Gasteiger partial charge >= 0.3 is 6.55 Å². The zero-order chi connectivity index (χ0) is 28.4. The van der Waals surface area contributed by atoms with Crippen LogP contribution in [0.25, 0.3) is 22.4 Å². The van der Waals surface area contributed by atoms with Gasteiger partial charge in [0.25, 0.3) is 5.56 Å². The average molecular weight is 563 g/mol. The summed E-state index contributed by atoms with van der Waals surface area (Å²) in [7, 11) is 0. The van der Waals surface area contributed by atoms with E-state index < -0.39 is 12.6 Å². The first kappa shape index (κ1) is 27.2. The topological polar surface area (TPSA) is 106 Å². The highest BCUT2D eigenvalue weighted by atomic mass is 35.5. The smallest absolute Gasteiger partial charge is 0.323 e. The second-order valence-electron chi connectivity index (χ2n) is 9.75. The molecular weight excluding hydrogens is 538 g/mol. The maximum absolute atomic E-state index is 13.9. The molecule has 0 fully saturated rings. The monoisotopic (exact) mass is 562 g/mol. The lowest BCUT2D eigenvalue weighted by molar-refractivity contribution is -0.119. The Hall–Kier alpha value is -4.36. The summed E-state index contributed by atoms with van der Waals surface area (Å²) in [5.41, 5.74) is 2.32. The molecule has 1 aliphatic rings. The molecule has 1 aliphatic heterocycles. The zero-order valence-corrected chi connectivity index (χ0v) is 22.3. The van der Waals surface area contributed by atoms with Crippen molar-refractivity contribution >= 4 is 23.2 Å². The lowest BCUT2D eigenvalue weighted by atomic mass is 9.98. The van der Waals surface area contributed by atoms with Crippen molar-refractivity contribution in [2.45, 2.75) is 45.2 Å². The van der Waals surface area contributed by atoms with Gasteiger partial charge in [-0.15, -0.1) is 0 Å². The summed E-state index contributed by atoms with van der Waals surface area (Å²) < 4.78 is 29.9. The Morgan fingerprint density at radius 1 is 1.10 bits per heavy atom. The van der Waals surface area contributed by atoms with Gasteiger partial charge in [-0.3, -0.25) is 14.6 Å². The summed E-state index contributed by atoms with van der Waals surface area (Å²) in [6, 6.07) is 12.9. The van der Waals surface area contributed by atoms with Crippen LogP contribution in [0.4, 0.5) is 14.5 Å². The molecule has 8 nitrogen and oxygen atoms in total. The van der Waals surface area contributed by atoms with Gasteiger partial charge in [-0.05, 0) is 54.8 Å². The summed E-state index contributed by atoms with van der Waals surface area (Å²) in [6.07, 6.45) is 6.91. The summed E-state index contributed by atoms with van der Waals surface area (Å²) >= 11 is 6.15. The summed E-state index contributed by atoms with van der Waals surface area (Å²) in [4.78, 5) is 30.8. The van der Waals surface area contributed by atoms with Gasteiger partial charge in [-0.2, -0.15) is 19.1 Å². The van der Waals surface area contributed by atoms with E-state index >= 15 is 0 Å². The molecule has 3 aromatic heterocycles. The number of carbonyl (C=O) groups is 1. The van der Waals surface area contributed by atoms with Crippen molar-refractivity contribution in [3.8, 4) is 28.5 Å². The second-order valence-corrected chi connectivity index (χ2v) is 10.2. The van der Waals surface area contributed by atoms with E-state index in [-0.39, 0.29) is 28.8 Å². The lowest BCUT2D eigenvalue weighted by Crippen LogP contribution is -2.25. The molecule has 0 spiro atoms. The Balaban J connectivity index is 1.61. The van der Waals surface area contributed by atoms with Crippen LogP contribution in [0.5, 0.6) is 0 Å². The van der Waals surface area contributed by atoms with Crippen LogP contribution < -0.4 is 10.9 Å². The van der Waals surface area contributed by atoms with Crippen molar-refractivity contribution in [1.82, 2.24) is 19.3 Å². The van der Waals surface area contributed by atoms with Gasteiger partial charge in [-0.1, -0.05) is 31.4 Å². The maximum Gasteiger partial charge on any atom is 0.333 e. The SMILES string of the molecule is C[C@@H]1CCCC[C@H](n2ccc(-c3cc(Cl)ccc3C#N)cc2=O)c2cc(ccn2)-c2c(cnn2C(F)F)NC1=O. The van der Waals surface area contributed by atoms with E-state index in [1.54, 1.807) is 54.1 Å². The number of aromatic nitrogens is 4. The van der Waals surface area contributed by atoms with E-state index in [4.69, 9.17) is 11.6 Å². The van der Waals surface area contributed by atoms with Gasteiger partial charge in [0, 0.05) is 40.5 Å². The molecule has 11 heteroatoms. The number of hydrogen-bond donors (Lipinski definition) is 1. The van der Waals surface area contributed by atoms with Crippen LogP contribution in [0.3, 0.4) is 0 Å². The minimum absolute atomic E-state index is 0.0601. The lowest BCUT2D eigenvalue weighted by Gasteiger charge is -2.21. The summed E-state index contributed by atoms with van der Waals surface area (Å²) in [6.45, 7) is -1.14. The molecule has 40 heavy (non-hydrogen) atoms. The van der Waals surface area contributed by atoms with Crippen LogP contribution in [0.15, 0.2) is 65.8 Å². The second kappa shape index (κ2) is 11.4. The highest BCUT2D eigenvalue weighted by Crippen LogP contribution is 2.35. The van der Waals surface area contributed by atoms with Crippen molar-refractivity contribution in [2.24, 2.45) is 5.92 Å². The van der Waals surface area contributed by atoms with Gasteiger partial charge in [0.05, 0.1) is 40.9 Å². The summed E-state index contributed by atoms with van der Waals surface area (Å²) in [5, 5.41) is 16.5. The first-order valence-corrected chi connectivity index (χ1v) is 13.2. The number of hydrogen-bond acceptors (Lipinski definition) is 5. The maximum atomic E-state index is 13.9. The van der Waals surface area contributed by atoms with E-state index in [9.17, 15) is 23.6 Å². The third kappa shape index (κ3) is 5.38. The Bertz CT molecular complexity index is 1680. The van der Waals surface area contributed by atoms with E-state index in [0.29, 0.717) is 56.9 Å². The number of benzene rings is 1. The highest BCUT2D eigenvalue weighted by Gasteiger charge is 2.25. The first-order chi connectivity index (χ1) is 19.3. The predicted molar refractivity (Wildman–Crippen MR) is 147 cm³/mol. The largest absolute Gasteiger partial charge is 0.333 e. The van der Waals surface area contributed by atoms with Crippen molar-refractivity contribution in [3.05, 3.63) is 87.7 Å². The molecule has 1 aromatic carbocycles. The minimum Gasteiger partial charge on any atom is -0.323 e. The number of halogens is 3. The van der Waals surface area contributed by atoms with Crippen LogP contribution in [0.2, 0.25) is 5.02 Å². The van der Waals surface area contributed by atoms with E-state index in [1.165, 1.54) is 18.5 Å². The molecule has 204 valence electrons. The van der Waals surface area contributed by atoms with Crippen molar-refractivity contribution in [2.75, 3.05) is 5.32 Å². The van der Waals surface area contributed by atoms with Crippen molar-refractivity contribution < 1.29 is 13.6 Å². The molecule has 0 saturated carbocycles. The average Bonchev–Trinajstić information content (AvgIpc) is 3.37. The van der Waals surface area contributed by atoms with E-state index in [1.807, 2.05) is 0 Å². The Morgan fingerprint density at radius 3 is 2.65 bits per heavy atom. The van der Waals surface area contributed by atoms with Crippen LogP contribution in [0.1, 0.15) is 56.5 Å².